The molecule has 0 spiro atoms. The molecular weight excluding hydrogens is 825 g/mol. The van der Waals surface area contributed by atoms with Gasteiger partial charge in [-0.1, -0.05) is 176 Å². The zero-order chi connectivity index (χ0) is 44.5. The summed E-state index contributed by atoms with van der Waals surface area (Å²) in [6.45, 7) is 0. The van der Waals surface area contributed by atoms with Crippen LogP contribution in [0.15, 0.2) is 231 Å². The summed E-state index contributed by atoms with van der Waals surface area (Å²) in [5.41, 5.74) is 10.8. The van der Waals surface area contributed by atoms with Gasteiger partial charge in [-0.3, -0.25) is 0 Å². The number of aromatic nitrogens is 4. The lowest BCUT2D eigenvalue weighted by molar-refractivity contribution is 1.17. The van der Waals surface area contributed by atoms with Crippen molar-refractivity contribution >= 4 is 108 Å². The minimum absolute atomic E-state index is 0.704. The third-order valence-electron chi connectivity index (χ3n) is 14.4. The van der Waals surface area contributed by atoms with Gasteiger partial charge >= 0.3 is 0 Å². The van der Waals surface area contributed by atoms with Gasteiger partial charge in [-0.05, 0) is 103 Å². The van der Waals surface area contributed by atoms with E-state index in [0.29, 0.717) is 5.82 Å². The van der Waals surface area contributed by atoms with E-state index in [9.17, 15) is 0 Å². The van der Waals surface area contributed by atoms with Gasteiger partial charge in [-0.25, -0.2) is 9.97 Å². The maximum Gasteiger partial charge on any atom is 0.160 e. The Balaban J connectivity index is 0.974. The number of hydrogen-bond acceptors (Lipinski definition) is 2. The fraction of sp³-hybridized carbons (Fsp3) is 0. The molecule has 0 aliphatic heterocycles. The average molecular weight is 863 g/mol. The van der Waals surface area contributed by atoms with E-state index in [1.54, 1.807) is 0 Å². The lowest BCUT2D eigenvalue weighted by Gasteiger charge is -2.14. The second-order valence-electron chi connectivity index (χ2n) is 18.1. The van der Waals surface area contributed by atoms with Crippen LogP contribution in [0.4, 0.5) is 0 Å². The maximum absolute atomic E-state index is 5.49. The molecule has 0 bridgehead atoms. The van der Waals surface area contributed by atoms with Crippen LogP contribution in [0.3, 0.4) is 0 Å². The van der Waals surface area contributed by atoms with Crippen LogP contribution in [0.5, 0.6) is 0 Å². The first kappa shape index (κ1) is 37.1. The molecule has 12 aromatic carbocycles. The quantitative estimate of drug-likeness (QED) is 0.165. The number of nitrogens with zero attached hydrogens (tertiary/aromatic N) is 4. The Bertz CT molecular complexity index is 4590. The smallest absolute Gasteiger partial charge is 0.160 e. The van der Waals surface area contributed by atoms with Crippen molar-refractivity contribution in [1.82, 2.24) is 19.1 Å². The number of benzene rings is 12. The summed E-state index contributed by atoms with van der Waals surface area (Å²) in [4.78, 5) is 10.7. The summed E-state index contributed by atoms with van der Waals surface area (Å²) >= 11 is 0. The lowest BCUT2D eigenvalue weighted by atomic mass is 9.93. The molecule has 4 nitrogen and oxygen atoms in total. The second-order valence-corrected chi connectivity index (χ2v) is 18.1. The van der Waals surface area contributed by atoms with Crippen LogP contribution in [0.2, 0.25) is 0 Å². The van der Waals surface area contributed by atoms with Gasteiger partial charge in [0, 0.05) is 49.1 Å². The average Bonchev–Trinajstić information content (AvgIpc) is 3.92. The first-order chi connectivity index (χ1) is 33.7. The van der Waals surface area contributed by atoms with Gasteiger partial charge in [0.1, 0.15) is 0 Å². The number of fused-ring (bicyclic) bond motifs is 16. The zero-order valence-electron chi connectivity index (χ0n) is 36.7. The SMILES string of the molecule is c1cc(-c2nc(-c3ccc4c5ccccc5c5ccccc5c4c3)nc3ccccc23)cc(-n2c3cc4ccccc4cc3c3c(-n4c5ccccc5c5ccc6ccccc6c54)cccc32)c1. The fourth-order valence-corrected chi connectivity index (χ4v) is 11.4. The van der Waals surface area contributed by atoms with Crippen LogP contribution >= 0.6 is 0 Å². The molecule has 15 rings (SSSR count). The monoisotopic (exact) mass is 862 g/mol. The molecule has 3 heterocycles. The highest BCUT2D eigenvalue weighted by atomic mass is 15.0. The molecule has 0 amide bonds. The van der Waals surface area contributed by atoms with E-state index in [2.05, 4.69) is 240 Å². The lowest BCUT2D eigenvalue weighted by Crippen LogP contribution is -1.98. The largest absolute Gasteiger partial charge is 0.309 e. The van der Waals surface area contributed by atoms with Crippen molar-refractivity contribution in [2.45, 2.75) is 0 Å². The summed E-state index contributed by atoms with van der Waals surface area (Å²) in [7, 11) is 0. The van der Waals surface area contributed by atoms with Gasteiger partial charge in [0.2, 0.25) is 0 Å². The van der Waals surface area contributed by atoms with E-state index in [1.165, 1.54) is 86.4 Å². The van der Waals surface area contributed by atoms with Crippen molar-refractivity contribution in [3.05, 3.63) is 231 Å². The molecule has 0 aliphatic carbocycles. The number of hydrogen-bond donors (Lipinski definition) is 0. The summed E-state index contributed by atoms with van der Waals surface area (Å²) in [5.74, 6) is 0.704. The molecule has 0 saturated carbocycles. The Hall–Kier alpha value is -9.12. The normalized spacial score (nSPS) is 12.1. The van der Waals surface area contributed by atoms with Crippen LogP contribution in [-0.4, -0.2) is 19.1 Å². The van der Waals surface area contributed by atoms with Crippen molar-refractivity contribution in [3.8, 4) is 34.0 Å². The Kier molecular flexibility index (Phi) is 7.75. The van der Waals surface area contributed by atoms with Gasteiger partial charge in [-0.2, -0.15) is 0 Å². The summed E-state index contributed by atoms with van der Waals surface area (Å²) in [5, 5.41) is 18.2. The topological polar surface area (TPSA) is 35.6 Å². The molecular formula is C64H38N4. The Labute approximate surface area is 390 Å². The molecule has 314 valence electrons. The molecule has 0 aliphatic rings. The maximum atomic E-state index is 5.49. The van der Waals surface area contributed by atoms with E-state index < -0.39 is 0 Å². The Morgan fingerprint density at radius 1 is 0.294 bits per heavy atom. The first-order valence-corrected chi connectivity index (χ1v) is 23.3. The molecule has 68 heavy (non-hydrogen) atoms. The van der Waals surface area contributed by atoms with Gasteiger partial charge in [0.15, 0.2) is 5.82 Å². The predicted molar refractivity (Wildman–Crippen MR) is 287 cm³/mol. The van der Waals surface area contributed by atoms with Crippen LogP contribution < -0.4 is 0 Å². The minimum Gasteiger partial charge on any atom is -0.309 e. The van der Waals surface area contributed by atoms with Gasteiger partial charge in [-0.15, -0.1) is 0 Å². The number of rotatable bonds is 4. The van der Waals surface area contributed by atoms with E-state index in [1.807, 2.05) is 0 Å². The van der Waals surface area contributed by atoms with E-state index in [0.717, 1.165) is 50.1 Å². The molecule has 15 aromatic rings. The third kappa shape index (κ3) is 5.31. The molecule has 0 atom stereocenters. The minimum atomic E-state index is 0.704. The Morgan fingerprint density at radius 2 is 0.897 bits per heavy atom. The summed E-state index contributed by atoms with van der Waals surface area (Å²) in [6.07, 6.45) is 0. The standard InChI is InChI=1S/C64H38N4/c1-2-17-41-38-60-55(36-40(41)16-1)61-58(29-14-30-59(61)68-57-28-12-10-25-51(57)52-34-31-39-15-3-4-20-45(39)63(52)68)67(60)44-19-13-18-42(35-44)62-53-26-9-11-27-56(53)65-64(66-62)43-32-33-50-48-23-6-5-21-46(48)47-22-7-8-24-49(47)54(50)37-43/h1-38H. The van der Waals surface area contributed by atoms with Gasteiger partial charge < -0.3 is 9.13 Å². The molecule has 0 fully saturated rings. The third-order valence-corrected chi connectivity index (χ3v) is 14.4. The van der Waals surface area contributed by atoms with Crippen molar-refractivity contribution in [3.63, 3.8) is 0 Å². The van der Waals surface area contributed by atoms with Crippen molar-refractivity contribution in [2.75, 3.05) is 0 Å². The molecule has 0 unspecified atom stereocenters. The highest BCUT2D eigenvalue weighted by Crippen LogP contribution is 2.44. The van der Waals surface area contributed by atoms with E-state index >= 15 is 0 Å². The van der Waals surface area contributed by atoms with Crippen molar-refractivity contribution in [1.29, 1.82) is 0 Å². The molecule has 0 radical (unpaired) electrons. The van der Waals surface area contributed by atoms with Gasteiger partial charge in [0.25, 0.3) is 0 Å². The Morgan fingerprint density at radius 3 is 1.69 bits per heavy atom. The predicted octanol–water partition coefficient (Wildman–Crippen LogP) is 16.9. The summed E-state index contributed by atoms with van der Waals surface area (Å²) in [6, 6.07) is 84.0. The highest BCUT2D eigenvalue weighted by molar-refractivity contribution is 6.26. The van der Waals surface area contributed by atoms with Gasteiger partial charge in [0.05, 0.1) is 39.0 Å². The van der Waals surface area contributed by atoms with Crippen LogP contribution in [0.1, 0.15) is 0 Å². The zero-order valence-corrected chi connectivity index (χ0v) is 36.7. The molecule has 0 N–H and O–H groups in total. The van der Waals surface area contributed by atoms with Crippen molar-refractivity contribution in [2.24, 2.45) is 0 Å². The fourth-order valence-electron chi connectivity index (χ4n) is 11.4. The van der Waals surface area contributed by atoms with E-state index in [4.69, 9.17) is 9.97 Å². The van der Waals surface area contributed by atoms with E-state index in [-0.39, 0.29) is 0 Å². The highest BCUT2D eigenvalue weighted by Gasteiger charge is 2.22. The second kappa shape index (κ2) is 14.2. The number of para-hydroxylation sites is 2. The first-order valence-electron chi connectivity index (χ1n) is 23.3. The van der Waals surface area contributed by atoms with Crippen LogP contribution in [0.25, 0.3) is 142 Å². The summed E-state index contributed by atoms with van der Waals surface area (Å²) < 4.78 is 4.97. The van der Waals surface area contributed by atoms with Crippen molar-refractivity contribution < 1.29 is 0 Å². The molecule has 4 heteroatoms. The molecule has 0 saturated heterocycles. The van der Waals surface area contributed by atoms with Crippen LogP contribution in [0, 0.1) is 0 Å². The molecule has 3 aromatic heterocycles. The van der Waals surface area contributed by atoms with Crippen LogP contribution in [-0.2, 0) is 0 Å².